The van der Waals surface area contributed by atoms with Gasteiger partial charge >= 0.3 is 0 Å². The third-order valence-electron chi connectivity index (χ3n) is 6.46. The fourth-order valence-corrected chi connectivity index (χ4v) is 7.41. The Morgan fingerprint density at radius 3 is 2.52 bits per heavy atom. The van der Waals surface area contributed by atoms with Gasteiger partial charge < -0.3 is 14.7 Å². The van der Waals surface area contributed by atoms with Crippen LogP contribution in [0.3, 0.4) is 0 Å². The lowest BCUT2D eigenvalue weighted by molar-refractivity contribution is 0.0900. The molecular weight excluding hydrogens is 394 g/mol. The molecule has 3 aliphatic rings. The normalized spacial score (nSPS) is 28.9. The van der Waals surface area contributed by atoms with E-state index >= 15 is 0 Å². The summed E-state index contributed by atoms with van der Waals surface area (Å²) in [5.41, 5.74) is 0.0752. The van der Waals surface area contributed by atoms with Crippen LogP contribution in [0.15, 0.2) is 10.6 Å². The van der Waals surface area contributed by atoms with Crippen LogP contribution >= 0.6 is 0 Å². The van der Waals surface area contributed by atoms with Gasteiger partial charge in [-0.05, 0) is 64.6 Å². The highest BCUT2D eigenvalue weighted by Crippen LogP contribution is 2.39. The molecule has 10 heteroatoms. The number of amides is 1. The van der Waals surface area contributed by atoms with E-state index in [1.54, 1.807) is 10.4 Å². The Kier molecular flexibility index (Phi) is 5.64. The van der Waals surface area contributed by atoms with Gasteiger partial charge in [-0.15, -0.1) is 0 Å². The summed E-state index contributed by atoms with van der Waals surface area (Å²) in [6.45, 7) is 1.91. The van der Waals surface area contributed by atoms with Crippen LogP contribution in [0.4, 0.5) is 0 Å². The van der Waals surface area contributed by atoms with Crippen molar-refractivity contribution in [1.29, 1.82) is 5.26 Å². The first-order valence-electron chi connectivity index (χ1n) is 10.2. The molecule has 3 saturated heterocycles. The van der Waals surface area contributed by atoms with E-state index in [0.29, 0.717) is 12.8 Å². The van der Waals surface area contributed by atoms with Crippen molar-refractivity contribution in [2.75, 3.05) is 25.9 Å². The molecule has 2 unspecified atom stereocenters. The highest BCUT2D eigenvalue weighted by atomic mass is 32.2. The molecule has 2 bridgehead atoms. The topological polar surface area (TPSA) is 120 Å². The number of nitrogens with zero attached hydrogens (tertiary/aromatic N) is 4. The number of piperidine rings is 2. The predicted octanol–water partition coefficient (Wildman–Crippen LogP) is 0.943. The largest absolute Gasteiger partial charge is 0.348 e. The summed E-state index contributed by atoms with van der Waals surface area (Å²) >= 11 is 0. The molecule has 0 saturated carbocycles. The average Bonchev–Trinajstić information content (AvgIpc) is 3.27. The van der Waals surface area contributed by atoms with E-state index in [4.69, 9.17) is 9.78 Å². The maximum Gasteiger partial charge on any atom is 0.273 e. The van der Waals surface area contributed by atoms with E-state index in [1.165, 1.54) is 6.07 Å². The quantitative estimate of drug-likeness (QED) is 0.751. The first kappa shape index (κ1) is 20.3. The fourth-order valence-electron chi connectivity index (χ4n) is 5.01. The van der Waals surface area contributed by atoms with Gasteiger partial charge in [0.05, 0.1) is 5.75 Å². The molecule has 2 atom stereocenters. The van der Waals surface area contributed by atoms with Crippen LogP contribution in [-0.4, -0.2) is 72.7 Å². The second-order valence-electron chi connectivity index (χ2n) is 8.57. The van der Waals surface area contributed by atoms with Crippen LogP contribution in [0.1, 0.15) is 54.8 Å². The van der Waals surface area contributed by atoms with E-state index in [9.17, 15) is 13.2 Å². The van der Waals surface area contributed by atoms with Crippen molar-refractivity contribution in [3.8, 4) is 6.07 Å². The molecule has 9 nitrogen and oxygen atoms in total. The number of fused-ring (bicyclic) bond motifs is 2. The van der Waals surface area contributed by atoms with Crippen LogP contribution < -0.4 is 5.32 Å². The molecule has 0 aromatic carbocycles. The molecule has 4 rings (SSSR count). The van der Waals surface area contributed by atoms with Gasteiger partial charge in [0.2, 0.25) is 15.8 Å². The third kappa shape index (κ3) is 4.32. The zero-order chi connectivity index (χ0) is 20.6. The second kappa shape index (κ2) is 8.05. The standard InChI is InChI=1S/C19H27N5O4S/c1-23-6-4-13(5-7-23)12-29(26,27)24-15-2-3-16(24)9-14(8-15)21-19(25)18-10-17(11-20)28-22-18/h10,13-16H,2-9,12H2,1H3,(H,21,25). The van der Waals surface area contributed by atoms with Crippen LogP contribution in [0, 0.1) is 17.2 Å². The van der Waals surface area contributed by atoms with E-state index in [-0.39, 0.29) is 47.2 Å². The number of hydrogen-bond acceptors (Lipinski definition) is 7. The summed E-state index contributed by atoms with van der Waals surface area (Å²) in [6, 6.07) is 2.91. The number of carbonyl (C=O) groups excluding carboxylic acids is 1. The number of sulfonamides is 1. The van der Waals surface area contributed by atoms with E-state index < -0.39 is 10.0 Å². The van der Waals surface area contributed by atoms with E-state index in [2.05, 4.69) is 22.4 Å². The number of hydrogen-bond donors (Lipinski definition) is 1. The highest BCUT2D eigenvalue weighted by Gasteiger charge is 2.47. The molecule has 3 aliphatic heterocycles. The summed E-state index contributed by atoms with van der Waals surface area (Å²) in [7, 11) is -1.23. The van der Waals surface area contributed by atoms with Crippen molar-refractivity contribution in [1.82, 2.24) is 19.7 Å². The molecule has 1 N–H and O–H groups in total. The average molecular weight is 422 g/mol. The highest BCUT2D eigenvalue weighted by molar-refractivity contribution is 7.89. The fraction of sp³-hybridized carbons (Fsp3) is 0.737. The molecule has 0 radical (unpaired) electrons. The Balaban J connectivity index is 1.37. The molecule has 3 fully saturated rings. The molecule has 29 heavy (non-hydrogen) atoms. The first-order valence-corrected chi connectivity index (χ1v) is 11.8. The van der Waals surface area contributed by atoms with E-state index in [0.717, 1.165) is 38.8 Å². The maximum atomic E-state index is 13.2. The second-order valence-corrected chi connectivity index (χ2v) is 10.5. The minimum Gasteiger partial charge on any atom is -0.348 e. The van der Waals surface area contributed by atoms with Crippen molar-refractivity contribution in [3.05, 3.63) is 17.5 Å². The number of rotatable bonds is 5. The Hall–Kier alpha value is -1.96. The molecule has 158 valence electrons. The van der Waals surface area contributed by atoms with Gasteiger partial charge in [0.15, 0.2) is 5.69 Å². The molecular formula is C19H27N5O4S. The Bertz CT molecular complexity index is 886. The smallest absolute Gasteiger partial charge is 0.273 e. The minimum absolute atomic E-state index is 0.00922. The minimum atomic E-state index is -3.30. The molecule has 4 heterocycles. The van der Waals surface area contributed by atoms with Crippen molar-refractivity contribution < 1.29 is 17.7 Å². The van der Waals surface area contributed by atoms with Crippen molar-refractivity contribution in [2.45, 2.75) is 56.7 Å². The summed E-state index contributed by atoms with van der Waals surface area (Å²) in [4.78, 5) is 14.6. The van der Waals surface area contributed by atoms with Gasteiger partial charge in [0, 0.05) is 24.2 Å². The van der Waals surface area contributed by atoms with Gasteiger partial charge in [-0.25, -0.2) is 8.42 Å². The molecule has 0 aliphatic carbocycles. The van der Waals surface area contributed by atoms with Gasteiger partial charge in [-0.3, -0.25) is 4.79 Å². The van der Waals surface area contributed by atoms with Gasteiger partial charge in [0.25, 0.3) is 5.91 Å². The van der Waals surface area contributed by atoms with Crippen LogP contribution in [0.2, 0.25) is 0 Å². The predicted molar refractivity (Wildman–Crippen MR) is 104 cm³/mol. The third-order valence-corrected chi connectivity index (χ3v) is 8.59. The van der Waals surface area contributed by atoms with Gasteiger partial charge in [0.1, 0.15) is 6.07 Å². The SMILES string of the molecule is CN1CCC(CS(=O)(=O)N2C3CCC2CC(NC(=O)c2cc(C#N)on2)C3)CC1. The van der Waals surface area contributed by atoms with E-state index in [1.807, 2.05) is 0 Å². The lowest BCUT2D eigenvalue weighted by Gasteiger charge is -2.39. The lowest BCUT2D eigenvalue weighted by atomic mass is 9.99. The zero-order valence-electron chi connectivity index (χ0n) is 16.6. The molecule has 1 aromatic rings. The van der Waals surface area contributed by atoms with Gasteiger partial charge in [-0.1, -0.05) is 5.16 Å². The molecule has 1 aromatic heterocycles. The Labute approximate surface area is 171 Å². The maximum absolute atomic E-state index is 13.2. The number of likely N-dealkylation sites (tertiary alicyclic amines) is 1. The number of nitrogens with one attached hydrogen (secondary N) is 1. The zero-order valence-corrected chi connectivity index (χ0v) is 17.4. The number of carbonyl (C=O) groups is 1. The summed E-state index contributed by atoms with van der Waals surface area (Å²) < 4.78 is 32.8. The Morgan fingerprint density at radius 1 is 1.28 bits per heavy atom. The monoisotopic (exact) mass is 421 g/mol. The molecule has 0 spiro atoms. The first-order chi connectivity index (χ1) is 13.9. The lowest BCUT2D eigenvalue weighted by Crippen LogP contribution is -2.53. The summed E-state index contributed by atoms with van der Waals surface area (Å²) in [5.74, 6) is 0.0719. The van der Waals surface area contributed by atoms with Crippen molar-refractivity contribution >= 4 is 15.9 Å². The Morgan fingerprint density at radius 2 is 1.93 bits per heavy atom. The van der Waals surface area contributed by atoms with Crippen LogP contribution in [0.5, 0.6) is 0 Å². The summed E-state index contributed by atoms with van der Waals surface area (Å²) in [5, 5.41) is 15.3. The van der Waals surface area contributed by atoms with Crippen LogP contribution in [0.25, 0.3) is 0 Å². The number of aromatic nitrogens is 1. The van der Waals surface area contributed by atoms with Crippen molar-refractivity contribution in [2.24, 2.45) is 5.92 Å². The number of nitriles is 1. The molecule has 1 amide bonds. The van der Waals surface area contributed by atoms with Crippen LogP contribution in [-0.2, 0) is 10.0 Å². The van der Waals surface area contributed by atoms with Crippen molar-refractivity contribution in [3.63, 3.8) is 0 Å². The van der Waals surface area contributed by atoms with Gasteiger partial charge in [-0.2, -0.15) is 9.57 Å². The summed E-state index contributed by atoms with van der Waals surface area (Å²) in [6.07, 6.45) is 4.76.